The summed E-state index contributed by atoms with van der Waals surface area (Å²) in [5.74, 6) is -0.685. The molecule has 20 heteroatoms. The second-order valence-electron chi connectivity index (χ2n) is 9.59. The number of fused-ring (bicyclic) bond motifs is 1. The van der Waals surface area contributed by atoms with Gasteiger partial charge in [0.1, 0.15) is 12.2 Å². The lowest BCUT2D eigenvalue weighted by atomic mass is 10.0. The van der Waals surface area contributed by atoms with Crippen LogP contribution in [0.25, 0.3) is 5.65 Å². The lowest BCUT2D eigenvalue weighted by molar-refractivity contribution is -0.159. The summed E-state index contributed by atoms with van der Waals surface area (Å²) in [4.78, 5) is 53.2. The number of anilines is 4. The molecule has 1 fully saturated rings. The number of phosphoric ester groups is 1. The molecule has 0 bridgehead atoms. The molecule has 2 aromatic heterocycles. The van der Waals surface area contributed by atoms with Crippen LogP contribution in [-0.2, 0) is 23.4 Å². The van der Waals surface area contributed by atoms with Crippen molar-refractivity contribution in [2.45, 2.75) is 38.5 Å². The number of nitriles is 2. The quantitative estimate of drug-likeness (QED) is 0.154. The molecule has 5 N–H and O–H groups in total. The normalized spacial score (nSPS) is 17.1. The van der Waals surface area contributed by atoms with Crippen LogP contribution in [0.15, 0.2) is 18.3 Å². The van der Waals surface area contributed by atoms with Gasteiger partial charge in [0, 0.05) is 13.1 Å². The maximum absolute atomic E-state index is 12.7. The van der Waals surface area contributed by atoms with Gasteiger partial charge in [-0.2, -0.15) is 20.0 Å². The highest BCUT2D eigenvalue weighted by Crippen LogP contribution is 2.39. The fourth-order valence-electron chi connectivity index (χ4n) is 4.54. The fourth-order valence-corrected chi connectivity index (χ4v) is 5.31. The largest absolute Gasteiger partial charge is 0.470 e. The van der Waals surface area contributed by atoms with Crippen LogP contribution in [0.5, 0.6) is 0 Å². The highest BCUT2D eigenvalue weighted by atomic mass is 35.5. The first-order valence-electron chi connectivity index (χ1n) is 13.3. The average Bonchev–Trinajstić information content (AvgIpc) is 3.41. The highest BCUT2D eigenvalue weighted by molar-refractivity contribution is 7.46. The molecule has 0 radical (unpaired) electrons. The molecule has 1 aliphatic heterocycles. The van der Waals surface area contributed by atoms with Gasteiger partial charge in [0.15, 0.2) is 23.3 Å². The summed E-state index contributed by atoms with van der Waals surface area (Å²) in [5.41, 5.74) is 1.32. The molecular weight excluding hydrogens is 635 g/mol. The zero-order valence-electron chi connectivity index (χ0n) is 24.1. The molecule has 18 nitrogen and oxygen atoms in total. The van der Waals surface area contributed by atoms with Crippen LogP contribution >= 0.6 is 19.4 Å². The predicted molar refractivity (Wildman–Crippen MR) is 158 cm³/mol. The molecule has 1 aliphatic rings. The SMILES string of the molecule is CCNc1nc(Nc2cc(C#N)cc(N3CC[C@@H](NC(=O)OC)[C@H](OC(=O)[C@H](C)OP(=O)(O)O)C3)c2Cl)nn2c(C#N)cnc12. The molecule has 1 aromatic carbocycles. The van der Waals surface area contributed by atoms with E-state index in [2.05, 4.69) is 46.3 Å². The van der Waals surface area contributed by atoms with Gasteiger partial charge in [-0.25, -0.2) is 19.1 Å². The van der Waals surface area contributed by atoms with E-state index >= 15 is 0 Å². The fraction of sp³-hybridized carbons (Fsp3) is 0.400. The van der Waals surface area contributed by atoms with Crippen LogP contribution in [-0.4, -0.2) is 86.4 Å². The van der Waals surface area contributed by atoms with E-state index in [9.17, 15) is 24.7 Å². The molecule has 3 heterocycles. The maximum atomic E-state index is 12.7. The highest BCUT2D eigenvalue weighted by Gasteiger charge is 2.37. The van der Waals surface area contributed by atoms with Crippen molar-refractivity contribution in [3.63, 3.8) is 0 Å². The number of imidazole rings is 1. The summed E-state index contributed by atoms with van der Waals surface area (Å²) in [5, 5.41) is 32.4. The monoisotopic (exact) mass is 662 g/mol. The van der Waals surface area contributed by atoms with Gasteiger partial charge in [-0.15, -0.1) is 5.10 Å². The lowest BCUT2D eigenvalue weighted by Gasteiger charge is -2.40. The van der Waals surface area contributed by atoms with Gasteiger partial charge in [0.05, 0.1) is 53.9 Å². The average molecular weight is 663 g/mol. The van der Waals surface area contributed by atoms with E-state index in [1.807, 2.05) is 13.0 Å². The van der Waals surface area contributed by atoms with Gasteiger partial charge >= 0.3 is 19.9 Å². The molecule has 1 saturated heterocycles. The number of methoxy groups -OCH3 is 1. The number of rotatable bonds is 10. The number of benzene rings is 1. The molecular formula is C25H28ClN10O8P. The first-order chi connectivity index (χ1) is 21.4. The van der Waals surface area contributed by atoms with Crippen LogP contribution in [0.1, 0.15) is 31.5 Å². The van der Waals surface area contributed by atoms with Gasteiger partial charge in [0.2, 0.25) is 5.95 Å². The molecule has 1 amide bonds. The number of carbonyl (C=O) groups excluding carboxylic acids is 2. The third-order valence-electron chi connectivity index (χ3n) is 6.53. The first kappa shape index (κ1) is 33.2. The van der Waals surface area contributed by atoms with Crippen LogP contribution in [0.4, 0.5) is 27.9 Å². The van der Waals surface area contributed by atoms with Crippen LogP contribution in [0.2, 0.25) is 5.02 Å². The number of ether oxygens (including phenoxy) is 2. The second kappa shape index (κ2) is 13.9. The molecule has 45 heavy (non-hydrogen) atoms. The number of amides is 1. The summed E-state index contributed by atoms with van der Waals surface area (Å²) < 4.78 is 27.2. The van der Waals surface area contributed by atoms with E-state index in [0.717, 1.165) is 6.92 Å². The van der Waals surface area contributed by atoms with E-state index in [1.165, 1.54) is 30.0 Å². The van der Waals surface area contributed by atoms with Gasteiger partial charge in [-0.1, -0.05) is 11.6 Å². The topological polar surface area (TPSA) is 249 Å². The third kappa shape index (κ3) is 7.88. The van der Waals surface area contributed by atoms with Gasteiger partial charge in [0.25, 0.3) is 0 Å². The summed E-state index contributed by atoms with van der Waals surface area (Å²) in [6.07, 6.45) is -1.87. The zero-order chi connectivity index (χ0) is 32.9. The van der Waals surface area contributed by atoms with Crippen molar-refractivity contribution in [2.24, 2.45) is 0 Å². The molecule has 0 spiro atoms. The Morgan fingerprint density at radius 3 is 2.69 bits per heavy atom. The number of piperidine rings is 1. The van der Waals surface area contributed by atoms with E-state index in [-0.39, 0.29) is 47.4 Å². The number of nitrogens with zero attached hydrogens (tertiary/aromatic N) is 7. The number of esters is 1. The number of carbonyl (C=O) groups is 2. The minimum absolute atomic E-state index is 0.0442. The van der Waals surface area contributed by atoms with Crippen LogP contribution < -0.4 is 20.9 Å². The Labute approximate surface area is 261 Å². The summed E-state index contributed by atoms with van der Waals surface area (Å²) in [7, 11) is -3.83. The Balaban J connectivity index is 1.66. The van der Waals surface area contributed by atoms with Crippen LogP contribution in [0, 0.1) is 22.7 Å². The van der Waals surface area contributed by atoms with E-state index in [4.69, 9.17) is 26.1 Å². The third-order valence-corrected chi connectivity index (χ3v) is 7.52. The zero-order valence-corrected chi connectivity index (χ0v) is 25.7. The Morgan fingerprint density at radius 1 is 1.29 bits per heavy atom. The number of alkyl carbamates (subject to hydrolysis) is 1. The first-order valence-corrected chi connectivity index (χ1v) is 15.2. The predicted octanol–water partition coefficient (Wildman–Crippen LogP) is 2.04. The molecule has 4 rings (SSSR count). The van der Waals surface area contributed by atoms with E-state index in [1.54, 1.807) is 4.90 Å². The van der Waals surface area contributed by atoms with Gasteiger partial charge in [-0.05, 0) is 32.4 Å². The van der Waals surface area contributed by atoms with Crippen molar-refractivity contribution in [3.05, 3.63) is 34.6 Å². The van der Waals surface area contributed by atoms with Crippen molar-refractivity contribution in [2.75, 3.05) is 42.3 Å². The standard InChI is InChI=1S/C25H28ClN10O8P/c1-4-29-21-22-30-11-15(10-28)36(22)34-24(33-21)31-17-7-14(9-27)8-18(20(17)26)35-6-5-16(32-25(38)42-3)19(12-35)43-23(37)13(2)44-45(39,40)41/h7-8,11,13,16,19H,4-6,12H2,1-3H3,(H,32,38)(H2,39,40,41)(H2,29,31,33,34)/t13-,16+,19+/m0/s1. The van der Waals surface area contributed by atoms with Crippen molar-refractivity contribution < 1.29 is 37.9 Å². The van der Waals surface area contributed by atoms with Crippen molar-refractivity contribution in [3.8, 4) is 12.1 Å². The Bertz CT molecular complexity index is 1740. The minimum atomic E-state index is -5.00. The molecule has 3 aromatic rings. The summed E-state index contributed by atoms with van der Waals surface area (Å²) >= 11 is 6.84. The number of aromatic nitrogens is 4. The lowest BCUT2D eigenvalue weighted by Crippen LogP contribution is -2.56. The van der Waals surface area contributed by atoms with Crippen molar-refractivity contribution in [1.29, 1.82) is 10.5 Å². The van der Waals surface area contributed by atoms with Crippen molar-refractivity contribution >= 4 is 60.3 Å². The molecule has 238 valence electrons. The number of phosphoric acid groups is 1. The molecule has 0 unspecified atom stereocenters. The van der Waals surface area contributed by atoms with Crippen molar-refractivity contribution in [1.82, 2.24) is 24.9 Å². The summed E-state index contributed by atoms with van der Waals surface area (Å²) in [6.45, 7) is 3.70. The number of halogens is 1. The summed E-state index contributed by atoms with van der Waals surface area (Å²) in [6, 6.07) is 6.34. The Kier molecular flexibility index (Phi) is 10.3. The Hall–Kier alpha value is -4.71. The number of hydrogen-bond donors (Lipinski definition) is 5. The van der Waals surface area contributed by atoms with Gasteiger partial charge < -0.3 is 40.1 Å². The Morgan fingerprint density at radius 2 is 2.04 bits per heavy atom. The van der Waals surface area contributed by atoms with E-state index < -0.39 is 38.1 Å². The molecule has 3 atom stereocenters. The minimum Gasteiger partial charge on any atom is -0.456 e. The van der Waals surface area contributed by atoms with Crippen LogP contribution in [0.3, 0.4) is 0 Å². The number of nitrogens with one attached hydrogen (secondary N) is 3. The second-order valence-corrected chi connectivity index (χ2v) is 11.2. The number of hydrogen-bond acceptors (Lipinski definition) is 14. The smallest absolute Gasteiger partial charge is 0.456 e. The maximum Gasteiger partial charge on any atom is 0.470 e. The molecule has 0 saturated carbocycles. The van der Waals surface area contributed by atoms with Gasteiger partial charge in [-0.3, -0.25) is 4.52 Å². The molecule has 0 aliphatic carbocycles. The van der Waals surface area contributed by atoms with E-state index in [0.29, 0.717) is 23.7 Å².